The first-order valence-electron chi connectivity index (χ1n) is 8.54. The average Bonchev–Trinajstić information content (AvgIpc) is 2.69. The third-order valence-electron chi connectivity index (χ3n) is 4.51. The molecular weight excluding hydrogens is 377 g/mol. The van der Waals surface area contributed by atoms with Gasteiger partial charge in [0.2, 0.25) is 0 Å². The van der Waals surface area contributed by atoms with Crippen LogP contribution in [0, 0.1) is 12.7 Å². The summed E-state index contributed by atoms with van der Waals surface area (Å²) in [6.45, 7) is 5.87. The molecule has 0 aliphatic rings. The highest BCUT2D eigenvalue weighted by Crippen LogP contribution is 2.40. The maximum atomic E-state index is 14.3. The van der Waals surface area contributed by atoms with E-state index in [4.69, 9.17) is 22.3 Å². The van der Waals surface area contributed by atoms with Gasteiger partial charge in [0.05, 0.1) is 0 Å². The van der Waals surface area contributed by atoms with E-state index in [1.54, 1.807) is 37.3 Å². The molecule has 28 heavy (non-hydrogen) atoms. The van der Waals surface area contributed by atoms with Crippen molar-refractivity contribution in [3.8, 4) is 5.75 Å². The van der Waals surface area contributed by atoms with Crippen molar-refractivity contribution in [2.75, 3.05) is 0 Å². The molecule has 0 spiro atoms. The lowest BCUT2D eigenvalue weighted by Crippen LogP contribution is -2.05. The number of nitrogens with two attached hydrogens (primary N) is 1. The largest absolute Gasteiger partial charge is 0.508 e. The van der Waals surface area contributed by atoms with Gasteiger partial charge in [-0.2, -0.15) is 5.90 Å². The Balaban J connectivity index is 2.33. The van der Waals surface area contributed by atoms with Gasteiger partial charge in [-0.1, -0.05) is 48.5 Å². The third-order valence-corrected chi connectivity index (χ3v) is 4.84. The van der Waals surface area contributed by atoms with Crippen molar-refractivity contribution < 1.29 is 14.3 Å². The molecule has 0 fully saturated rings. The summed E-state index contributed by atoms with van der Waals surface area (Å²) in [5.74, 6) is 5.67. The number of allylic oxidation sites excluding steroid dienone is 2. The monoisotopic (exact) mass is 395 g/mol. The zero-order chi connectivity index (χ0) is 20.3. The Morgan fingerprint density at radius 3 is 2.29 bits per heavy atom. The van der Waals surface area contributed by atoms with Gasteiger partial charge in [-0.3, -0.25) is 0 Å². The van der Waals surface area contributed by atoms with E-state index in [-0.39, 0.29) is 11.6 Å². The number of rotatable bonds is 5. The summed E-state index contributed by atoms with van der Waals surface area (Å²) in [5.41, 5.74) is 3.34. The molecule has 3 aromatic rings. The molecule has 142 valence electrons. The van der Waals surface area contributed by atoms with Crippen LogP contribution in [0.25, 0.3) is 16.9 Å². The maximum Gasteiger partial charge on any atom is 0.162 e. The molecule has 0 atom stereocenters. The fraction of sp³-hybridized carbons (Fsp3) is 0.0435. The highest BCUT2D eigenvalue weighted by atomic mass is 35.5. The number of phenols is 1. The van der Waals surface area contributed by atoms with Crippen LogP contribution in [0.5, 0.6) is 5.75 Å². The molecule has 0 aliphatic heterocycles. The molecule has 0 saturated carbocycles. The number of phenolic OH excluding ortho intramolecular Hbond substituents is 1. The highest BCUT2D eigenvalue weighted by Gasteiger charge is 2.21. The molecule has 0 aliphatic carbocycles. The molecule has 0 unspecified atom stereocenters. The van der Waals surface area contributed by atoms with Crippen molar-refractivity contribution in [2.24, 2.45) is 5.90 Å². The molecule has 0 heterocycles. The summed E-state index contributed by atoms with van der Waals surface area (Å²) in [6.07, 6.45) is 0. The van der Waals surface area contributed by atoms with E-state index in [1.807, 2.05) is 18.2 Å². The minimum absolute atomic E-state index is 0.105. The highest BCUT2D eigenvalue weighted by molar-refractivity contribution is 6.33. The van der Waals surface area contributed by atoms with Crippen LogP contribution < -0.4 is 5.90 Å². The van der Waals surface area contributed by atoms with Gasteiger partial charge >= 0.3 is 0 Å². The van der Waals surface area contributed by atoms with Gasteiger partial charge in [-0.25, -0.2) is 4.39 Å². The molecule has 3 rings (SSSR count). The summed E-state index contributed by atoms with van der Waals surface area (Å²) in [4.78, 5) is 5.24. The molecular formula is C23H19ClFNO2. The zero-order valence-electron chi connectivity index (χ0n) is 15.2. The first-order valence-corrected chi connectivity index (χ1v) is 8.92. The molecule has 3 aromatic carbocycles. The Bertz CT molecular complexity index is 1060. The van der Waals surface area contributed by atoms with Crippen molar-refractivity contribution in [1.29, 1.82) is 0 Å². The number of aromatic hydroxyl groups is 1. The first kappa shape index (κ1) is 19.7. The standard InChI is InChI=1S/C23H19ClFNO2/c1-14-19(7-5-9-21(14)25)22(15(2)18-6-3-4-8-20(18)24)23(28-26)16-10-12-17(27)13-11-16/h3-13,27H,2,26H2,1H3/b23-22+. The van der Waals surface area contributed by atoms with Crippen molar-refractivity contribution in [2.45, 2.75) is 6.92 Å². The third kappa shape index (κ3) is 3.79. The lowest BCUT2D eigenvalue weighted by Gasteiger charge is -2.19. The molecule has 0 aromatic heterocycles. The molecule has 0 bridgehead atoms. The van der Waals surface area contributed by atoms with Crippen LogP contribution in [-0.2, 0) is 4.84 Å². The van der Waals surface area contributed by atoms with E-state index < -0.39 is 0 Å². The summed E-state index contributed by atoms with van der Waals surface area (Å²) >= 11 is 6.37. The van der Waals surface area contributed by atoms with Crippen LogP contribution in [0.4, 0.5) is 4.39 Å². The molecule has 0 amide bonds. The number of hydrogen-bond acceptors (Lipinski definition) is 3. The summed E-state index contributed by atoms with van der Waals surface area (Å²) in [6, 6.07) is 18.4. The van der Waals surface area contributed by atoms with Crippen molar-refractivity contribution in [3.05, 3.63) is 106 Å². The normalized spacial score (nSPS) is 11.7. The van der Waals surface area contributed by atoms with E-state index in [1.165, 1.54) is 18.2 Å². The van der Waals surface area contributed by atoms with Crippen LogP contribution >= 0.6 is 11.6 Å². The molecule has 0 radical (unpaired) electrons. The average molecular weight is 396 g/mol. The van der Waals surface area contributed by atoms with E-state index in [2.05, 4.69) is 6.58 Å². The summed E-state index contributed by atoms with van der Waals surface area (Å²) in [5, 5.41) is 10.1. The van der Waals surface area contributed by atoms with Crippen molar-refractivity contribution in [1.82, 2.24) is 0 Å². The number of benzene rings is 3. The van der Waals surface area contributed by atoms with Gasteiger partial charge in [-0.15, -0.1) is 0 Å². The Morgan fingerprint density at radius 1 is 1.00 bits per heavy atom. The van der Waals surface area contributed by atoms with Crippen LogP contribution in [-0.4, -0.2) is 5.11 Å². The van der Waals surface area contributed by atoms with Crippen LogP contribution in [0.3, 0.4) is 0 Å². The zero-order valence-corrected chi connectivity index (χ0v) is 16.0. The number of hydrogen-bond donors (Lipinski definition) is 2. The second kappa shape index (κ2) is 8.30. The van der Waals surface area contributed by atoms with Gasteiger partial charge in [0, 0.05) is 21.7 Å². The van der Waals surface area contributed by atoms with Crippen LogP contribution in [0.2, 0.25) is 5.02 Å². The van der Waals surface area contributed by atoms with Gasteiger partial charge in [0.25, 0.3) is 0 Å². The van der Waals surface area contributed by atoms with Gasteiger partial charge in [-0.05, 0) is 60.0 Å². The minimum atomic E-state index is -0.357. The predicted octanol–water partition coefficient (Wildman–Crippen LogP) is 5.97. The van der Waals surface area contributed by atoms with Crippen molar-refractivity contribution >= 4 is 28.5 Å². The second-order valence-electron chi connectivity index (χ2n) is 6.24. The quantitative estimate of drug-likeness (QED) is 0.242. The Labute approximate surface area is 168 Å². The fourth-order valence-electron chi connectivity index (χ4n) is 3.02. The summed E-state index contributed by atoms with van der Waals surface area (Å²) < 4.78 is 14.3. The van der Waals surface area contributed by atoms with Crippen LogP contribution in [0.15, 0.2) is 73.3 Å². The molecule has 3 nitrogen and oxygen atoms in total. The van der Waals surface area contributed by atoms with Gasteiger partial charge in [0.1, 0.15) is 11.6 Å². The van der Waals surface area contributed by atoms with E-state index in [0.717, 1.165) is 0 Å². The number of halogens is 2. The Kier molecular flexibility index (Phi) is 5.83. The van der Waals surface area contributed by atoms with Crippen LogP contribution in [0.1, 0.15) is 22.3 Å². The maximum absolute atomic E-state index is 14.3. The summed E-state index contributed by atoms with van der Waals surface area (Å²) in [7, 11) is 0. The Morgan fingerprint density at radius 2 is 1.64 bits per heavy atom. The minimum Gasteiger partial charge on any atom is -0.508 e. The second-order valence-corrected chi connectivity index (χ2v) is 6.65. The predicted molar refractivity (Wildman–Crippen MR) is 112 cm³/mol. The fourth-order valence-corrected chi connectivity index (χ4v) is 3.27. The SMILES string of the molecule is C=C(/C(=C(\ON)c1ccc(O)cc1)c1cccc(F)c1C)c1ccccc1Cl. The topological polar surface area (TPSA) is 55.5 Å². The van der Waals surface area contributed by atoms with E-state index in [0.29, 0.717) is 44.2 Å². The van der Waals surface area contributed by atoms with Gasteiger partial charge < -0.3 is 9.94 Å². The first-order chi connectivity index (χ1) is 13.4. The van der Waals surface area contributed by atoms with E-state index in [9.17, 15) is 9.50 Å². The molecule has 0 saturated heterocycles. The lowest BCUT2D eigenvalue weighted by atomic mass is 9.88. The molecule has 3 N–H and O–H groups in total. The van der Waals surface area contributed by atoms with Crippen molar-refractivity contribution in [3.63, 3.8) is 0 Å². The molecule has 5 heteroatoms. The smallest absolute Gasteiger partial charge is 0.162 e. The van der Waals surface area contributed by atoms with E-state index >= 15 is 0 Å². The van der Waals surface area contributed by atoms with Gasteiger partial charge in [0.15, 0.2) is 5.76 Å². The Hall–Kier alpha value is -3.08. The lowest BCUT2D eigenvalue weighted by molar-refractivity contribution is 0.292.